The molecule has 1 heterocycles. The minimum atomic E-state index is -0.615. The quantitative estimate of drug-likeness (QED) is 0.727. The van der Waals surface area contributed by atoms with Crippen LogP contribution in [-0.4, -0.2) is 34.2 Å². The van der Waals surface area contributed by atoms with E-state index in [4.69, 9.17) is 0 Å². The van der Waals surface area contributed by atoms with Crippen molar-refractivity contribution < 1.29 is 5.11 Å². The molecule has 0 radical (unpaired) electrons. The van der Waals surface area contributed by atoms with Gasteiger partial charge in [0.05, 0.1) is 5.60 Å². The summed E-state index contributed by atoms with van der Waals surface area (Å²) in [4.78, 5) is 2.59. The van der Waals surface area contributed by atoms with Crippen molar-refractivity contribution in [3.63, 3.8) is 0 Å². The molecule has 0 unspecified atom stereocenters. The average Bonchev–Trinajstić information content (AvgIpc) is 2.30. The molecule has 1 N–H and O–H groups in total. The Kier molecular flexibility index (Phi) is 3.41. The van der Waals surface area contributed by atoms with E-state index in [1.54, 1.807) is 6.08 Å². The standard InChI is InChI=1S/C14H25NO/c1-4-14(16)10-11(3)15(5-2)13-9-7-6-8-12(13)14/h4,11-13,16H,1,5-10H2,2-3H3/t11-,12+,13+,14-/m0/s1. The number of nitrogens with zero attached hydrogens (tertiary/aromatic N) is 1. The predicted octanol–water partition coefficient (Wildman–Crippen LogP) is 2.58. The third kappa shape index (κ3) is 1.82. The maximum Gasteiger partial charge on any atom is 0.0882 e. The molecule has 0 spiro atoms. The first-order chi connectivity index (χ1) is 7.62. The fourth-order valence-corrected chi connectivity index (χ4v) is 3.94. The number of aliphatic hydroxyl groups is 1. The van der Waals surface area contributed by atoms with Crippen LogP contribution in [0.2, 0.25) is 0 Å². The molecule has 1 saturated heterocycles. The molecule has 0 aromatic heterocycles. The second-order valence-corrected chi connectivity index (χ2v) is 5.54. The fraction of sp³-hybridized carbons (Fsp3) is 0.857. The van der Waals surface area contributed by atoms with Crippen LogP contribution in [0.25, 0.3) is 0 Å². The van der Waals surface area contributed by atoms with Gasteiger partial charge in [0.15, 0.2) is 0 Å². The molecule has 0 aromatic carbocycles. The second-order valence-electron chi connectivity index (χ2n) is 5.54. The van der Waals surface area contributed by atoms with Gasteiger partial charge in [-0.15, -0.1) is 6.58 Å². The SMILES string of the molecule is C=C[C@]1(O)C[C@H](C)N(CC)[C@@H]2CCCC[C@H]21. The van der Waals surface area contributed by atoms with E-state index in [1.165, 1.54) is 19.3 Å². The Morgan fingerprint density at radius 3 is 2.75 bits per heavy atom. The van der Waals surface area contributed by atoms with Crippen LogP contribution in [0.5, 0.6) is 0 Å². The smallest absolute Gasteiger partial charge is 0.0882 e. The number of rotatable bonds is 2. The van der Waals surface area contributed by atoms with E-state index in [1.807, 2.05) is 0 Å². The van der Waals surface area contributed by atoms with Crippen LogP contribution in [0.3, 0.4) is 0 Å². The van der Waals surface area contributed by atoms with Crippen molar-refractivity contribution in [2.45, 2.75) is 63.6 Å². The Labute approximate surface area is 99.3 Å². The van der Waals surface area contributed by atoms with Gasteiger partial charge in [0.1, 0.15) is 0 Å². The summed E-state index contributed by atoms with van der Waals surface area (Å²) in [6, 6.07) is 1.05. The van der Waals surface area contributed by atoms with Gasteiger partial charge in [-0.1, -0.05) is 25.8 Å². The highest BCUT2D eigenvalue weighted by Gasteiger charge is 2.48. The third-order valence-electron chi connectivity index (χ3n) is 4.70. The lowest BCUT2D eigenvalue weighted by Gasteiger charge is -2.54. The van der Waals surface area contributed by atoms with Gasteiger partial charge in [-0.25, -0.2) is 0 Å². The van der Waals surface area contributed by atoms with E-state index in [9.17, 15) is 5.11 Å². The van der Waals surface area contributed by atoms with Crippen LogP contribution in [-0.2, 0) is 0 Å². The second kappa shape index (κ2) is 4.50. The Morgan fingerprint density at radius 2 is 2.12 bits per heavy atom. The lowest BCUT2D eigenvalue weighted by molar-refractivity contribution is -0.104. The molecule has 4 atom stereocenters. The summed E-state index contributed by atoms with van der Waals surface area (Å²) in [7, 11) is 0. The van der Waals surface area contributed by atoms with Crippen LogP contribution in [0, 0.1) is 5.92 Å². The molecular formula is C14H25NO. The van der Waals surface area contributed by atoms with Crippen molar-refractivity contribution in [3.8, 4) is 0 Å². The molecule has 2 fully saturated rings. The van der Waals surface area contributed by atoms with Gasteiger partial charge in [-0.2, -0.15) is 0 Å². The molecule has 0 amide bonds. The predicted molar refractivity (Wildman–Crippen MR) is 67.4 cm³/mol. The fourth-order valence-electron chi connectivity index (χ4n) is 3.94. The summed E-state index contributed by atoms with van der Waals surface area (Å²) >= 11 is 0. The van der Waals surface area contributed by atoms with Gasteiger partial charge < -0.3 is 5.11 Å². The van der Waals surface area contributed by atoms with Crippen molar-refractivity contribution in [1.29, 1.82) is 0 Å². The Balaban J connectivity index is 2.26. The maximum absolute atomic E-state index is 10.7. The first-order valence-electron chi connectivity index (χ1n) is 6.74. The van der Waals surface area contributed by atoms with Crippen molar-refractivity contribution >= 4 is 0 Å². The lowest BCUT2D eigenvalue weighted by atomic mass is 9.67. The summed E-state index contributed by atoms with van der Waals surface area (Å²) < 4.78 is 0. The lowest BCUT2D eigenvalue weighted by Crippen LogP contribution is -2.61. The zero-order valence-corrected chi connectivity index (χ0v) is 10.7. The van der Waals surface area contributed by atoms with Crippen molar-refractivity contribution in [3.05, 3.63) is 12.7 Å². The van der Waals surface area contributed by atoms with Crippen molar-refractivity contribution in [2.24, 2.45) is 5.92 Å². The number of fused-ring (bicyclic) bond motifs is 1. The Morgan fingerprint density at radius 1 is 1.44 bits per heavy atom. The van der Waals surface area contributed by atoms with Gasteiger partial charge in [0.2, 0.25) is 0 Å². The number of piperidine rings is 1. The third-order valence-corrected chi connectivity index (χ3v) is 4.70. The molecule has 2 heteroatoms. The minimum Gasteiger partial charge on any atom is -0.385 e. The molecule has 1 aliphatic carbocycles. The summed E-state index contributed by atoms with van der Waals surface area (Å²) in [6.45, 7) is 9.45. The average molecular weight is 223 g/mol. The first-order valence-corrected chi connectivity index (χ1v) is 6.74. The molecule has 2 rings (SSSR count). The molecular weight excluding hydrogens is 198 g/mol. The number of hydrogen-bond donors (Lipinski definition) is 1. The van der Waals surface area contributed by atoms with Crippen LogP contribution in [0.15, 0.2) is 12.7 Å². The van der Waals surface area contributed by atoms with Crippen molar-refractivity contribution in [1.82, 2.24) is 4.90 Å². The molecule has 92 valence electrons. The van der Waals surface area contributed by atoms with Crippen LogP contribution in [0.4, 0.5) is 0 Å². The van der Waals surface area contributed by atoms with Crippen LogP contribution >= 0.6 is 0 Å². The molecule has 2 nitrogen and oxygen atoms in total. The summed E-state index contributed by atoms with van der Waals surface area (Å²) in [5.41, 5.74) is -0.615. The Hall–Kier alpha value is -0.340. The van der Waals surface area contributed by atoms with E-state index < -0.39 is 5.60 Å². The van der Waals surface area contributed by atoms with Gasteiger partial charge in [0, 0.05) is 18.0 Å². The van der Waals surface area contributed by atoms with E-state index in [-0.39, 0.29) is 0 Å². The van der Waals surface area contributed by atoms with Gasteiger partial charge in [0.25, 0.3) is 0 Å². The maximum atomic E-state index is 10.7. The first kappa shape index (κ1) is 12.1. The highest BCUT2D eigenvalue weighted by Crippen LogP contribution is 2.44. The number of hydrogen-bond acceptors (Lipinski definition) is 2. The molecule has 2 aliphatic rings. The molecule has 1 aliphatic heterocycles. The summed E-state index contributed by atoms with van der Waals surface area (Å²) in [6.07, 6.45) is 7.65. The van der Waals surface area contributed by atoms with E-state index >= 15 is 0 Å². The molecule has 16 heavy (non-hydrogen) atoms. The summed E-state index contributed by atoms with van der Waals surface area (Å²) in [5.74, 6) is 0.412. The molecule has 0 bridgehead atoms. The van der Waals surface area contributed by atoms with E-state index in [0.717, 1.165) is 19.4 Å². The topological polar surface area (TPSA) is 23.5 Å². The molecule has 0 aromatic rings. The largest absolute Gasteiger partial charge is 0.385 e. The normalized spacial score (nSPS) is 45.1. The number of likely N-dealkylation sites (tertiary alicyclic amines) is 1. The minimum absolute atomic E-state index is 0.412. The van der Waals surface area contributed by atoms with Gasteiger partial charge in [-0.05, 0) is 32.7 Å². The van der Waals surface area contributed by atoms with Crippen molar-refractivity contribution in [2.75, 3.05) is 6.54 Å². The van der Waals surface area contributed by atoms with Gasteiger partial charge in [-0.3, -0.25) is 4.90 Å². The van der Waals surface area contributed by atoms with Gasteiger partial charge >= 0.3 is 0 Å². The van der Waals surface area contributed by atoms with E-state index in [0.29, 0.717) is 18.0 Å². The van der Waals surface area contributed by atoms with E-state index in [2.05, 4.69) is 25.3 Å². The zero-order valence-electron chi connectivity index (χ0n) is 10.7. The zero-order chi connectivity index (χ0) is 11.8. The van der Waals surface area contributed by atoms with Crippen LogP contribution in [0.1, 0.15) is 46.0 Å². The summed E-state index contributed by atoms with van der Waals surface area (Å²) in [5, 5.41) is 10.7. The van der Waals surface area contributed by atoms with Crippen LogP contribution < -0.4 is 0 Å². The molecule has 1 saturated carbocycles. The highest BCUT2D eigenvalue weighted by molar-refractivity contribution is 5.10. The Bertz CT molecular complexity index is 265. The highest BCUT2D eigenvalue weighted by atomic mass is 16.3. The monoisotopic (exact) mass is 223 g/mol.